The predicted octanol–water partition coefficient (Wildman–Crippen LogP) is 5.53. The smallest absolute Gasteiger partial charge is 0.218 e. The minimum atomic E-state index is -0.396. The number of rotatable bonds is 1. The van der Waals surface area contributed by atoms with E-state index in [1.807, 2.05) is 87.8 Å². The molecule has 1 aliphatic heterocycles. The van der Waals surface area contributed by atoms with Crippen LogP contribution in [-0.4, -0.2) is 16.4 Å². The molecule has 0 fully saturated rings. The van der Waals surface area contributed by atoms with Crippen LogP contribution < -0.4 is 5.32 Å². The van der Waals surface area contributed by atoms with Crippen LogP contribution in [0.2, 0.25) is 0 Å². The van der Waals surface area contributed by atoms with E-state index in [0.29, 0.717) is 11.1 Å². The van der Waals surface area contributed by atoms with Crippen LogP contribution >= 0.6 is 0 Å². The molecule has 3 aromatic carbocycles. The number of benzene rings is 3. The van der Waals surface area contributed by atoms with Crippen molar-refractivity contribution >= 4 is 33.6 Å². The molecule has 5 rings (SSSR count). The number of amides is 2. The normalized spacial score (nSPS) is 11.6. The standard InChI is InChI=1S/C21H12N2O2.2C2H6.Y/c1-23-16-10-6-5-9-13(16)17-18-15(20(24)22-21(18)25)11-14(19(17)23)12-7-3-2-4-8-12;2*1-2;/h2-7,9-10H,1H3,(H,22,24,25);2*1-2H3;/q-2;;;. The number of aryl methyl sites for hydroxylation is 1. The summed E-state index contributed by atoms with van der Waals surface area (Å²) in [6.07, 6.45) is 0. The quantitative estimate of drug-likeness (QED) is 0.292. The molecule has 0 saturated carbocycles. The minimum absolute atomic E-state index is 0. The maximum absolute atomic E-state index is 12.4. The monoisotopic (exact) mass is 473 g/mol. The van der Waals surface area contributed by atoms with E-state index in [0.717, 1.165) is 32.9 Å². The van der Waals surface area contributed by atoms with E-state index >= 15 is 0 Å². The second-order valence-electron chi connectivity index (χ2n) is 6.11. The fourth-order valence-electron chi connectivity index (χ4n) is 3.68. The molecule has 1 radical (unpaired) electrons. The van der Waals surface area contributed by atoms with E-state index in [2.05, 4.69) is 17.4 Å². The average molecular weight is 473 g/mol. The molecule has 2 amide bonds. The van der Waals surface area contributed by atoms with E-state index in [4.69, 9.17) is 0 Å². The molecule has 1 aliphatic rings. The third kappa shape index (κ3) is 3.75. The molecule has 0 atom stereocenters. The van der Waals surface area contributed by atoms with Crippen molar-refractivity contribution in [2.45, 2.75) is 27.7 Å². The molecule has 4 nitrogen and oxygen atoms in total. The Morgan fingerprint density at radius 1 is 0.867 bits per heavy atom. The molecule has 0 saturated heterocycles. The van der Waals surface area contributed by atoms with Gasteiger partial charge in [-0.1, -0.05) is 62.4 Å². The fraction of sp³-hybridized carbons (Fsp3) is 0.200. The number of fused-ring (bicyclic) bond motifs is 5. The molecule has 2 heterocycles. The molecule has 5 heteroatoms. The minimum Gasteiger partial charge on any atom is -0.384 e. The van der Waals surface area contributed by atoms with E-state index < -0.39 is 5.91 Å². The zero-order chi connectivity index (χ0) is 21.1. The van der Waals surface area contributed by atoms with Crippen molar-refractivity contribution in [3.8, 4) is 11.1 Å². The maximum atomic E-state index is 12.4. The van der Waals surface area contributed by atoms with Gasteiger partial charge in [0.15, 0.2) is 5.91 Å². The molecular weight excluding hydrogens is 449 g/mol. The van der Waals surface area contributed by atoms with E-state index in [1.54, 1.807) is 0 Å². The summed E-state index contributed by atoms with van der Waals surface area (Å²) in [5, 5.41) is 4.14. The van der Waals surface area contributed by atoms with Crippen LogP contribution in [0.1, 0.15) is 48.4 Å². The summed E-state index contributed by atoms with van der Waals surface area (Å²) in [5.41, 5.74) is 4.22. The Morgan fingerprint density at radius 2 is 1.53 bits per heavy atom. The van der Waals surface area contributed by atoms with Gasteiger partial charge >= 0.3 is 0 Å². The largest absolute Gasteiger partial charge is 0.384 e. The Labute approximate surface area is 202 Å². The maximum Gasteiger partial charge on any atom is 0.218 e. The molecule has 0 aliphatic carbocycles. The van der Waals surface area contributed by atoms with Crippen molar-refractivity contribution in [2.75, 3.05) is 0 Å². The molecule has 0 spiro atoms. The van der Waals surface area contributed by atoms with Gasteiger partial charge in [-0.05, 0) is 17.0 Å². The third-order valence-electron chi connectivity index (χ3n) is 4.75. The van der Waals surface area contributed by atoms with Gasteiger partial charge in [-0.2, -0.15) is 35.9 Å². The van der Waals surface area contributed by atoms with Gasteiger partial charge in [0.1, 0.15) is 0 Å². The summed E-state index contributed by atoms with van der Waals surface area (Å²) >= 11 is 0. The second-order valence-corrected chi connectivity index (χ2v) is 6.11. The fourth-order valence-corrected chi connectivity index (χ4v) is 3.68. The van der Waals surface area contributed by atoms with E-state index in [9.17, 15) is 9.59 Å². The first-order chi connectivity index (χ1) is 14.2. The van der Waals surface area contributed by atoms with Gasteiger partial charge in [0.05, 0.1) is 0 Å². The molecule has 30 heavy (non-hydrogen) atoms. The Morgan fingerprint density at radius 3 is 2.20 bits per heavy atom. The van der Waals surface area contributed by atoms with Crippen LogP contribution in [0.3, 0.4) is 0 Å². The van der Waals surface area contributed by atoms with E-state index in [1.165, 1.54) is 0 Å². The van der Waals surface area contributed by atoms with Crippen molar-refractivity contribution < 1.29 is 42.3 Å². The van der Waals surface area contributed by atoms with Gasteiger partial charge in [-0.25, -0.2) is 5.56 Å². The van der Waals surface area contributed by atoms with Crippen LogP contribution in [0.5, 0.6) is 0 Å². The number of carbonyl (C=O) groups excluding carboxylic acids is 2. The van der Waals surface area contributed by atoms with Gasteiger partial charge in [0.25, 0.3) is 0 Å². The number of aromatic nitrogens is 1. The van der Waals surface area contributed by atoms with Crippen molar-refractivity contribution in [2.24, 2.45) is 7.05 Å². The number of imide groups is 1. The van der Waals surface area contributed by atoms with Crippen LogP contribution in [-0.2, 0) is 39.8 Å². The summed E-state index contributed by atoms with van der Waals surface area (Å²) < 4.78 is 2.05. The predicted molar refractivity (Wildman–Crippen MR) is 118 cm³/mol. The first-order valence-electron chi connectivity index (χ1n) is 9.96. The number of hydrogen-bond acceptors (Lipinski definition) is 2. The Hall–Kier alpha value is -2.30. The molecule has 0 bridgehead atoms. The van der Waals surface area contributed by atoms with Crippen molar-refractivity contribution in [1.29, 1.82) is 0 Å². The molecule has 1 aromatic heterocycles. The van der Waals surface area contributed by atoms with Crippen molar-refractivity contribution in [3.05, 3.63) is 71.8 Å². The van der Waals surface area contributed by atoms with Crippen molar-refractivity contribution in [1.82, 2.24) is 9.88 Å². The van der Waals surface area contributed by atoms with Crippen LogP contribution in [0.15, 0.2) is 48.5 Å². The molecular formula is C25H24N2O2Y-2. The summed E-state index contributed by atoms with van der Waals surface area (Å²) in [5.74, 6) is -0.756. The number of carbonyl (C=O) groups is 2. The SMILES string of the molecule is CC.CC.Cn1c2ccccc2c2c3c([c-]c(-c4[c-]cccc4)c21)C(=O)NC3=O.[Y]. The number of para-hydroxylation sites is 1. The second kappa shape index (κ2) is 10.1. The Balaban J connectivity index is 0.000000607. The zero-order valence-electron chi connectivity index (χ0n) is 18.0. The topological polar surface area (TPSA) is 51.1 Å². The van der Waals surface area contributed by atoms with Gasteiger partial charge in [-0.15, -0.1) is 6.07 Å². The average Bonchev–Trinajstić information content (AvgIpc) is 3.25. The Kier molecular flexibility index (Phi) is 8.11. The molecule has 151 valence electrons. The molecule has 1 N–H and O–H groups in total. The van der Waals surface area contributed by atoms with Crippen LogP contribution in [0, 0.1) is 12.1 Å². The first kappa shape index (κ1) is 24.0. The van der Waals surface area contributed by atoms with Gasteiger partial charge in [0.2, 0.25) is 5.91 Å². The summed E-state index contributed by atoms with van der Waals surface area (Å²) in [6, 6.07) is 21.9. The third-order valence-corrected chi connectivity index (χ3v) is 4.75. The Bertz CT molecular complexity index is 1210. The molecule has 0 unspecified atom stereocenters. The molecule has 4 aromatic rings. The summed E-state index contributed by atoms with van der Waals surface area (Å²) in [7, 11) is 1.96. The van der Waals surface area contributed by atoms with E-state index in [-0.39, 0.29) is 38.6 Å². The van der Waals surface area contributed by atoms with Crippen LogP contribution in [0.25, 0.3) is 32.9 Å². The first-order valence-corrected chi connectivity index (χ1v) is 9.96. The van der Waals surface area contributed by atoms with Gasteiger partial charge in [0, 0.05) is 45.3 Å². The summed E-state index contributed by atoms with van der Waals surface area (Å²) in [6.45, 7) is 8.00. The van der Waals surface area contributed by atoms with Crippen molar-refractivity contribution in [3.63, 3.8) is 0 Å². The summed E-state index contributed by atoms with van der Waals surface area (Å²) in [4.78, 5) is 24.7. The number of hydrogen-bond donors (Lipinski definition) is 1. The van der Waals surface area contributed by atoms with Gasteiger partial charge < -0.3 is 14.7 Å². The zero-order valence-corrected chi connectivity index (χ0v) is 20.8. The number of nitrogens with one attached hydrogen (secondary N) is 1. The van der Waals surface area contributed by atoms with Crippen LogP contribution in [0.4, 0.5) is 0 Å². The van der Waals surface area contributed by atoms with Gasteiger partial charge in [-0.3, -0.25) is 4.79 Å². The number of nitrogens with zero attached hydrogens (tertiary/aromatic N) is 1.